The maximum Gasteiger partial charge on any atom is 0.150 e. The second-order valence-corrected chi connectivity index (χ2v) is 6.79. The van der Waals surface area contributed by atoms with Gasteiger partial charge in [0.15, 0.2) is 9.84 Å². The summed E-state index contributed by atoms with van der Waals surface area (Å²) in [5.41, 5.74) is -0.429. The molecule has 0 aromatic heterocycles. The van der Waals surface area contributed by atoms with Crippen LogP contribution in [0.5, 0.6) is 0 Å². The first kappa shape index (κ1) is 11.1. The molecular formula is C10H16O4S. The van der Waals surface area contributed by atoms with Crippen LogP contribution in [0.15, 0.2) is 0 Å². The van der Waals surface area contributed by atoms with Crippen molar-refractivity contribution in [2.75, 3.05) is 24.7 Å². The molecule has 0 aliphatic carbocycles. The van der Waals surface area contributed by atoms with Gasteiger partial charge in [0.05, 0.1) is 11.5 Å². The Morgan fingerprint density at radius 1 is 1.27 bits per heavy atom. The van der Waals surface area contributed by atoms with Crippen molar-refractivity contribution in [3.05, 3.63) is 0 Å². The maximum absolute atomic E-state index is 11.4. The minimum Gasteiger partial charge on any atom is -0.381 e. The third kappa shape index (κ3) is 2.08. The lowest BCUT2D eigenvalue weighted by atomic mass is 9.71. The predicted octanol–water partition coefficient (Wildman–Crippen LogP) is 0.417. The molecule has 0 N–H and O–H groups in total. The monoisotopic (exact) mass is 232 g/mol. The Balaban J connectivity index is 2.16. The van der Waals surface area contributed by atoms with Crippen molar-refractivity contribution in [2.45, 2.75) is 19.3 Å². The normalized spacial score (nSPS) is 33.7. The summed E-state index contributed by atoms with van der Waals surface area (Å²) in [7, 11) is -2.89. The van der Waals surface area contributed by atoms with Crippen LogP contribution in [0.3, 0.4) is 0 Å². The van der Waals surface area contributed by atoms with Gasteiger partial charge in [0.2, 0.25) is 0 Å². The van der Waals surface area contributed by atoms with Crippen LogP contribution in [0.2, 0.25) is 0 Å². The van der Waals surface area contributed by atoms with E-state index in [9.17, 15) is 13.2 Å². The fourth-order valence-electron chi connectivity index (χ4n) is 2.62. The van der Waals surface area contributed by atoms with Gasteiger partial charge in [0.25, 0.3) is 0 Å². The van der Waals surface area contributed by atoms with Gasteiger partial charge in [-0.3, -0.25) is 0 Å². The lowest BCUT2D eigenvalue weighted by Gasteiger charge is -2.36. The molecular weight excluding hydrogens is 216 g/mol. The number of sulfone groups is 1. The molecule has 0 aromatic rings. The van der Waals surface area contributed by atoms with Gasteiger partial charge in [-0.1, -0.05) is 0 Å². The Labute approximate surface area is 89.9 Å². The smallest absolute Gasteiger partial charge is 0.150 e. The molecule has 2 saturated heterocycles. The van der Waals surface area contributed by atoms with Gasteiger partial charge in [-0.2, -0.15) is 0 Å². The van der Waals surface area contributed by atoms with Crippen LogP contribution in [0.25, 0.3) is 0 Å². The summed E-state index contributed by atoms with van der Waals surface area (Å²) < 4.78 is 28.0. The molecule has 0 spiro atoms. The second-order valence-electron chi connectivity index (χ2n) is 4.56. The molecule has 5 heteroatoms. The average Bonchev–Trinajstić information content (AvgIpc) is 2.60. The molecule has 0 saturated carbocycles. The third-order valence-corrected chi connectivity index (χ3v) is 5.47. The van der Waals surface area contributed by atoms with Crippen LogP contribution in [0, 0.1) is 11.3 Å². The molecule has 2 rings (SSSR count). The molecule has 1 unspecified atom stereocenters. The topological polar surface area (TPSA) is 60.4 Å². The van der Waals surface area contributed by atoms with E-state index in [1.54, 1.807) is 0 Å². The van der Waals surface area contributed by atoms with Crippen molar-refractivity contribution in [3.8, 4) is 0 Å². The first-order chi connectivity index (χ1) is 7.08. The highest BCUT2D eigenvalue weighted by Gasteiger charge is 2.45. The Bertz CT molecular complexity index is 340. The number of hydrogen-bond donors (Lipinski definition) is 0. The van der Waals surface area contributed by atoms with E-state index in [0.717, 1.165) is 6.29 Å². The summed E-state index contributed by atoms with van der Waals surface area (Å²) in [6.45, 7) is 1.16. The summed E-state index contributed by atoms with van der Waals surface area (Å²) in [5.74, 6) is 0.448. The number of ether oxygens (including phenoxy) is 1. The minimum atomic E-state index is -2.89. The summed E-state index contributed by atoms with van der Waals surface area (Å²) in [6.07, 6.45) is 2.97. The standard InChI is InChI=1S/C10H16O4S/c11-8-10(2-4-14-5-3-10)9-1-6-15(12,13)7-9/h8-9H,1-7H2. The van der Waals surface area contributed by atoms with E-state index in [2.05, 4.69) is 0 Å². The van der Waals surface area contributed by atoms with Crippen LogP contribution >= 0.6 is 0 Å². The van der Waals surface area contributed by atoms with Crippen LogP contribution in [-0.2, 0) is 19.4 Å². The lowest BCUT2D eigenvalue weighted by Crippen LogP contribution is -2.38. The Morgan fingerprint density at radius 3 is 2.40 bits per heavy atom. The summed E-state index contributed by atoms with van der Waals surface area (Å²) in [4.78, 5) is 11.2. The molecule has 0 bridgehead atoms. The SMILES string of the molecule is O=CC1(C2CCS(=O)(=O)C2)CCOCC1. The molecule has 4 nitrogen and oxygen atoms in total. The first-order valence-corrected chi connectivity index (χ1v) is 7.15. The van der Waals surface area contributed by atoms with Gasteiger partial charge in [-0.15, -0.1) is 0 Å². The quantitative estimate of drug-likeness (QED) is 0.647. The van der Waals surface area contributed by atoms with Gasteiger partial charge in [-0.25, -0.2) is 8.42 Å². The molecule has 2 aliphatic rings. The van der Waals surface area contributed by atoms with Gasteiger partial charge in [-0.05, 0) is 25.2 Å². The molecule has 0 aromatic carbocycles. The van der Waals surface area contributed by atoms with Crippen molar-refractivity contribution < 1.29 is 17.9 Å². The van der Waals surface area contributed by atoms with E-state index in [4.69, 9.17) is 4.74 Å². The van der Waals surface area contributed by atoms with Crippen molar-refractivity contribution in [1.82, 2.24) is 0 Å². The van der Waals surface area contributed by atoms with E-state index in [1.165, 1.54) is 0 Å². The third-order valence-electron chi connectivity index (χ3n) is 3.70. The molecule has 0 radical (unpaired) electrons. The number of aldehydes is 1. The van der Waals surface area contributed by atoms with Crippen LogP contribution in [-0.4, -0.2) is 39.4 Å². The van der Waals surface area contributed by atoms with E-state index in [0.29, 0.717) is 32.5 Å². The van der Waals surface area contributed by atoms with E-state index < -0.39 is 15.3 Å². The zero-order valence-corrected chi connectivity index (χ0v) is 9.46. The number of hydrogen-bond acceptors (Lipinski definition) is 4. The van der Waals surface area contributed by atoms with Gasteiger partial charge in [0, 0.05) is 18.6 Å². The average molecular weight is 232 g/mol. The zero-order chi connectivity index (χ0) is 10.9. The second kappa shape index (κ2) is 3.87. The number of rotatable bonds is 2. The fourth-order valence-corrected chi connectivity index (χ4v) is 4.54. The van der Waals surface area contributed by atoms with Crippen molar-refractivity contribution >= 4 is 16.1 Å². The molecule has 0 amide bonds. The van der Waals surface area contributed by atoms with Crippen molar-refractivity contribution in [3.63, 3.8) is 0 Å². The highest BCUT2D eigenvalue weighted by Crippen LogP contribution is 2.41. The first-order valence-electron chi connectivity index (χ1n) is 5.32. The van der Waals surface area contributed by atoms with Gasteiger partial charge >= 0.3 is 0 Å². The molecule has 15 heavy (non-hydrogen) atoms. The van der Waals surface area contributed by atoms with Crippen LogP contribution < -0.4 is 0 Å². The van der Waals surface area contributed by atoms with Crippen LogP contribution in [0.4, 0.5) is 0 Å². The lowest BCUT2D eigenvalue weighted by molar-refractivity contribution is -0.125. The van der Waals surface area contributed by atoms with Crippen LogP contribution in [0.1, 0.15) is 19.3 Å². The Morgan fingerprint density at radius 2 is 1.93 bits per heavy atom. The Kier molecular flexibility index (Phi) is 2.85. The Hall–Kier alpha value is -0.420. The summed E-state index contributed by atoms with van der Waals surface area (Å²) >= 11 is 0. The largest absolute Gasteiger partial charge is 0.381 e. The molecule has 2 fully saturated rings. The molecule has 1 atom stereocenters. The van der Waals surface area contributed by atoms with E-state index >= 15 is 0 Å². The number of carbonyl (C=O) groups is 1. The molecule has 2 aliphatic heterocycles. The number of carbonyl (C=O) groups excluding carboxylic acids is 1. The minimum absolute atomic E-state index is 0.0175. The van der Waals surface area contributed by atoms with Gasteiger partial charge in [0.1, 0.15) is 6.29 Å². The predicted molar refractivity (Wildman–Crippen MR) is 55.3 cm³/mol. The highest BCUT2D eigenvalue weighted by atomic mass is 32.2. The van der Waals surface area contributed by atoms with Gasteiger partial charge < -0.3 is 9.53 Å². The van der Waals surface area contributed by atoms with E-state index in [-0.39, 0.29) is 17.4 Å². The molecule has 86 valence electrons. The fraction of sp³-hybridized carbons (Fsp3) is 0.900. The van der Waals surface area contributed by atoms with Crippen molar-refractivity contribution in [1.29, 1.82) is 0 Å². The summed E-state index contributed by atoms with van der Waals surface area (Å²) in [5, 5.41) is 0. The highest BCUT2D eigenvalue weighted by molar-refractivity contribution is 7.91. The molecule has 2 heterocycles. The summed E-state index contributed by atoms with van der Waals surface area (Å²) in [6, 6.07) is 0. The zero-order valence-electron chi connectivity index (χ0n) is 8.65. The van der Waals surface area contributed by atoms with Crippen molar-refractivity contribution in [2.24, 2.45) is 11.3 Å². The maximum atomic E-state index is 11.4. The van der Waals surface area contributed by atoms with E-state index in [1.807, 2.05) is 0 Å².